The van der Waals surface area contributed by atoms with Crippen molar-refractivity contribution in [3.63, 3.8) is 0 Å². The topological polar surface area (TPSA) is 49.9 Å². The largest absolute Gasteiger partial charge is 0.454 e. The Balaban J connectivity index is 0.00000225. The van der Waals surface area contributed by atoms with E-state index in [1.54, 1.807) is 0 Å². The fourth-order valence-corrected chi connectivity index (χ4v) is 3.87. The number of carbonyl (C=O) groups excluding carboxylic acids is 2. The molecule has 0 bridgehead atoms. The highest BCUT2D eigenvalue weighted by Gasteiger charge is 2.30. The molecule has 0 radical (unpaired) electrons. The fraction of sp³-hybridized carbons (Fsp3) is 0.364. The van der Waals surface area contributed by atoms with Crippen LogP contribution in [0, 0.1) is 0 Å². The molecule has 1 atom stereocenters. The second-order valence-electron chi connectivity index (χ2n) is 7.12. The van der Waals surface area contributed by atoms with Crippen molar-refractivity contribution < 1.29 is 14.3 Å². The van der Waals surface area contributed by atoms with Gasteiger partial charge in [-0.2, -0.15) is 0 Å². The third-order valence-corrected chi connectivity index (χ3v) is 5.40. The quantitative estimate of drug-likeness (QED) is 0.720. The second-order valence-corrected chi connectivity index (χ2v) is 7.12. The van der Waals surface area contributed by atoms with Crippen LogP contribution in [0.15, 0.2) is 54.6 Å². The lowest BCUT2D eigenvalue weighted by Crippen LogP contribution is -2.48. The molecule has 5 nitrogen and oxygen atoms in total. The van der Waals surface area contributed by atoms with Gasteiger partial charge >= 0.3 is 5.97 Å². The smallest absolute Gasteiger partial charge is 0.339 e. The fourth-order valence-electron chi connectivity index (χ4n) is 3.87. The van der Waals surface area contributed by atoms with Gasteiger partial charge in [-0.05, 0) is 37.6 Å². The minimum Gasteiger partial charge on any atom is -0.454 e. The summed E-state index contributed by atoms with van der Waals surface area (Å²) in [5, 5.41) is 0. The van der Waals surface area contributed by atoms with Crippen LogP contribution in [0.1, 0.15) is 45.2 Å². The van der Waals surface area contributed by atoms with E-state index in [0.29, 0.717) is 5.56 Å². The average molecular weight is 401 g/mol. The maximum absolute atomic E-state index is 12.5. The normalized spacial score (nSPS) is 18.9. The highest BCUT2D eigenvalue weighted by molar-refractivity contribution is 5.94. The zero-order chi connectivity index (χ0) is 18.6. The molecule has 2 aliphatic rings. The molecule has 2 aromatic carbocycles. The monoisotopic (exact) mass is 400 g/mol. The number of fused-ring (bicyclic) bond motifs is 1. The van der Waals surface area contributed by atoms with Crippen LogP contribution >= 0.6 is 12.4 Å². The number of benzene rings is 2. The lowest BCUT2D eigenvalue weighted by molar-refractivity contribution is 0.0353. The number of rotatable bonds is 5. The van der Waals surface area contributed by atoms with Crippen molar-refractivity contribution in [2.24, 2.45) is 0 Å². The molecule has 148 valence electrons. The molecule has 0 aromatic heterocycles. The summed E-state index contributed by atoms with van der Waals surface area (Å²) < 4.78 is 5.51. The number of amides is 1. The van der Waals surface area contributed by atoms with Gasteiger partial charge in [0.15, 0.2) is 0 Å². The van der Waals surface area contributed by atoms with Gasteiger partial charge in [0.05, 0.1) is 5.56 Å². The van der Waals surface area contributed by atoms with Gasteiger partial charge in [0.25, 0.3) is 5.91 Å². The first kappa shape index (κ1) is 20.4. The summed E-state index contributed by atoms with van der Waals surface area (Å²) in [5.74, 6) is -0.0895. The average Bonchev–Trinajstić information content (AvgIpc) is 3.05. The van der Waals surface area contributed by atoms with E-state index in [1.807, 2.05) is 59.5 Å². The number of piperazine rings is 1. The van der Waals surface area contributed by atoms with Crippen molar-refractivity contribution in [2.45, 2.75) is 18.9 Å². The molecule has 0 saturated carbocycles. The molecule has 28 heavy (non-hydrogen) atoms. The summed E-state index contributed by atoms with van der Waals surface area (Å²) in [5.41, 5.74) is 2.48. The van der Waals surface area contributed by atoms with Gasteiger partial charge in [-0.1, -0.05) is 36.4 Å². The van der Waals surface area contributed by atoms with E-state index in [4.69, 9.17) is 4.74 Å². The number of cyclic esters (lactones) is 1. The van der Waals surface area contributed by atoms with E-state index in [0.717, 1.165) is 56.7 Å². The minimum absolute atomic E-state index is 0. The van der Waals surface area contributed by atoms with E-state index >= 15 is 0 Å². The number of hydrogen-bond donors (Lipinski definition) is 0. The molecule has 2 aliphatic heterocycles. The van der Waals surface area contributed by atoms with Gasteiger partial charge in [-0.3, -0.25) is 9.69 Å². The Morgan fingerprint density at radius 3 is 2.39 bits per heavy atom. The van der Waals surface area contributed by atoms with Crippen LogP contribution in [0.25, 0.3) is 0 Å². The van der Waals surface area contributed by atoms with Crippen molar-refractivity contribution >= 4 is 24.3 Å². The van der Waals surface area contributed by atoms with Crippen LogP contribution < -0.4 is 0 Å². The highest BCUT2D eigenvalue weighted by Crippen LogP contribution is 2.33. The Hall–Kier alpha value is -2.37. The summed E-state index contributed by atoms with van der Waals surface area (Å²) in [6.45, 7) is 4.26. The van der Waals surface area contributed by atoms with Crippen molar-refractivity contribution in [3.8, 4) is 0 Å². The van der Waals surface area contributed by atoms with Gasteiger partial charge in [-0.25, -0.2) is 4.79 Å². The number of esters is 1. The van der Waals surface area contributed by atoms with E-state index < -0.39 is 0 Å². The molecule has 2 heterocycles. The number of halogens is 1. The first-order chi connectivity index (χ1) is 13.2. The molecule has 2 aromatic rings. The van der Waals surface area contributed by atoms with Crippen molar-refractivity contribution in [3.05, 3.63) is 71.3 Å². The molecule has 1 amide bonds. The van der Waals surface area contributed by atoms with Gasteiger partial charge in [0, 0.05) is 37.3 Å². The lowest BCUT2D eigenvalue weighted by Gasteiger charge is -2.35. The molecule has 0 N–H and O–H groups in total. The molecule has 0 spiro atoms. The van der Waals surface area contributed by atoms with Gasteiger partial charge in [0.2, 0.25) is 0 Å². The van der Waals surface area contributed by atoms with E-state index in [2.05, 4.69) is 4.90 Å². The van der Waals surface area contributed by atoms with Crippen LogP contribution in [0.4, 0.5) is 0 Å². The van der Waals surface area contributed by atoms with E-state index in [1.165, 1.54) is 0 Å². The van der Waals surface area contributed by atoms with Crippen molar-refractivity contribution in [1.29, 1.82) is 0 Å². The van der Waals surface area contributed by atoms with Crippen LogP contribution in [-0.2, 0) is 4.74 Å². The van der Waals surface area contributed by atoms with Crippen LogP contribution in [0.5, 0.6) is 0 Å². The molecule has 6 heteroatoms. The summed E-state index contributed by atoms with van der Waals surface area (Å²) in [6, 6.07) is 17.1. The molecule has 0 aliphatic carbocycles. The second kappa shape index (κ2) is 9.22. The predicted octanol–water partition coefficient (Wildman–Crippen LogP) is 3.56. The predicted molar refractivity (Wildman–Crippen MR) is 110 cm³/mol. The maximum Gasteiger partial charge on any atom is 0.339 e. The summed E-state index contributed by atoms with van der Waals surface area (Å²) >= 11 is 0. The standard InChI is InChI=1S/C22H24N2O3.ClH/c25-21(17-7-2-1-3-8-17)24-15-13-23(14-16-24)12-6-11-20-18-9-4-5-10-19(18)22(26)27-20;/h1-5,7-10,20H,6,11-16H2;1H. The molecular weight excluding hydrogens is 376 g/mol. The molecule has 1 unspecified atom stereocenters. The maximum atomic E-state index is 12.5. The summed E-state index contributed by atoms with van der Waals surface area (Å²) in [7, 11) is 0. The Morgan fingerprint density at radius 1 is 0.964 bits per heavy atom. The van der Waals surface area contributed by atoms with Gasteiger partial charge in [0.1, 0.15) is 6.10 Å². The Labute approximate surface area is 171 Å². The third kappa shape index (κ3) is 4.37. The van der Waals surface area contributed by atoms with Crippen molar-refractivity contribution in [2.75, 3.05) is 32.7 Å². The lowest BCUT2D eigenvalue weighted by atomic mass is 10.0. The molecule has 1 fully saturated rings. The van der Waals surface area contributed by atoms with E-state index in [-0.39, 0.29) is 30.4 Å². The minimum atomic E-state index is -0.205. The summed E-state index contributed by atoms with van der Waals surface area (Å²) in [6.07, 6.45) is 1.69. The third-order valence-electron chi connectivity index (χ3n) is 5.40. The van der Waals surface area contributed by atoms with Gasteiger partial charge < -0.3 is 9.64 Å². The van der Waals surface area contributed by atoms with Crippen molar-refractivity contribution in [1.82, 2.24) is 9.80 Å². The number of ether oxygens (including phenoxy) is 1. The summed E-state index contributed by atoms with van der Waals surface area (Å²) in [4.78, 5) is 28.7. The zero-order valence-electron chi connectivity index (χ0n) is 15.8. The van der Waals surface area contributed by atoms with E-state index in [9.17, 15) is 9.59 Å². The first-order valence-corrected chi connectivity index (χ1v) is 9.59. The van der Waals surface area contributed by atoms with Crippen LogP contribution in [0.2, 0.25) is 0 Å². The molecule has 4 rings (SSSR count). The number of hydrogen-bond acceptors (Lipinski definition) is 4. The molecule has 1 saturated heterocycles. The number of nitrogens with zero attached hydrogens (tertiary/aromatic N) is 2. The SMILES string of the molecule is Cl.O=C1OC(CCCN2CCN(C(=O)c3ccccc3)CC2)c2ccccc21. The highest BCUT2D eigenvalue weighted by atomic mass is 35.5. The van der Waals surface area contributed by atoms with Crippen LogP contribution in [-0.4, -0.2) is 54.4 Å². The Kier molecular flexibility index (Phi) is 6.70. The first-order valence-electron chi connectivity index (χ1n) is 9.59. The Bertz CT molecular complexity index is 820. The Morgan fingerprint density at radius 2 is 1.64 bits per heavy atom. The van der Waals surface area contributed by atoms with Gasteiger partial charge in [-0.15, -0.1) is 12.4 Å². The zero-order valence-corrected chi connectivity index (χ0v) is 16.6. The van der Waals surface area contributed by atoms with Crippen LogP contribution in [0.3, 0.4) is 0 Å². The number of carbonyl (C=O) groups is 2. The molecular formula is C22H25ClN2O3.